The first kappa shape index (κ1) is 7.50. The van der Waals surface area contributed by atoms with Crippen molar-refractivity contribution in [1.82, 2.24) is 0 Å². The molecular formula is C6H12N2O2. The molecule has 0 spiro atoms. The van der Waals surface area contributed by atoms with Crippen LogP contribution in [0.15, 0.2) is 0 Å². The second-order valence-electron chi connectivity index (χ2n) is 2.67. The smallest absolute Gasteiger partial charge is 0.294 e. The zero-order valence-corrected chi connectivity index (χ0v) is 5.75. The third-order valence-corrected chi connectivity index (χ3v) is 1.98. The Labute approximate surface area is 59.5 Å². The first-order valence-electron chi connectivity index (χ1n) is 3.35. The van der Waals surface area contributed by atoms with Crippen molar-refractivity contribution in [2.24, 2.45) is 11.5 Å². The quantitative estimate of drug-likeness (QED) is 0.398. The van der Waals surface area contributed by atoms with E-state index in [0.717, 1.165) is 12.8 Å². The Hall–Kier alpha value is -0.610. The summed E-state index contributed by atoms with van der Waals surface area (Å²) >= 11 is 0. The molecule has 2 unspecified atom stereocenters. The molecule has 0 radical (unpaired) electrons. The third-order valence-electron chi connectivity index (χ3n) is 1.98. The molecule has 0 bridgehead atoms. The lowest BCUT2D eigenvalue weighted by Gasteiger charge is -2.25. The summed E-state index contributed by atoms with van der Waals surface area (Å²) in [5.41, 5.74) is 10.3. The van der Waals surface area contributed by atoms with Crippen LogP contribution in [0.5, 0.6) is 0 Å². The summed E-state index contributed by atoms with van der Waals surface area (Å²) in [6.07, 6.45) is 2.45. The molecule has 0 aromatic carbocycles. The molecule has 1 aliphatic carbocycles. The fourth-order valence-corrected chi connectivity index (χ4v) is 1.26. The molecule has 4 heteroatoms. The summed E-state index contributed by atoms with van der Waals surface area (Å²) in [5, 5.41) is 0. The van der Waals surface area contributed by atoms with Crippen molar-refractivity contribution in [2.75, 3.05) is 0 Å². The maximum absolute atomic E-state index is 9.95. The molecule has 0 saturated heterocycles. The molecule has 4 nitrogen and oxygen atoms in total. The SMILES string of the molecule is NC1CCCC1(N)OC=O. The largest absolute Gasteiger partial charge is 0.445 e. The second kappa shape index (κ2) is 2.56. The first-order chi connectivity index (χ1) is 4.69. The minimum absolute atomic E-state index is 0.197. The van der Waals surface area contributed by atoms with Gasteiger partial charge in [-0.2, -0.15) is 0 Å². The van der Waals surface area contributed by atoms with E-state index in [1.807, 2.05) is 0 Å². The average molecular weight is 144 g/mol. The van der Waals surface area contributed by atoms with E-state index in [-0.39, 0.29) is 6.04 Å². The van der Waals surface area contributed by atoms with Crippen molar-refractivity contribution < 1.29 is 9.53 Å². The molecule has 1 rings (SSSR count). The molecule has 0 aliphatic heterocycles. The summed E-state index contributed by atoms with van der Waals surface area (Å²) in [7, 11) is 0. The van der Waals surface area contributed by atoms with Gasteiger partial charge in [0.05, 0.1) is 6.04 Å². The Morgan fingerprint density at radius 2 is 2.40 bits per heavy atom. The number of rotatable bonds is 2. The molecule has 10 heavy (non-hydrogen) atoms. The van der Waals surface area contributed by atoms with Crippen LogP contribution in [0.1, 0.15) is 19.3 Å². The first-order valence-corrected chi connectivity index (χ1v) is 3.35. The van der Waals surface area contributed by atoms with E-state index in [0.29, 0.717) is 12.9 Å². The van der Waals surface area contributed by atoms with Crippen LogP contribution >= 0.6 is 0 Å². The van der Waals surface area contributed by atoms with Crippen molar-refractivity contribution in [3.63, 3.8) is 0 Å². The lowest BCUT2D eigenvalue weighted by molar-refractivity contribution is -0.143. The van der Waals surface area contributed by atoms with Crippen molar-refractivity contribution in [1.29, 1.82) is 0 Å². The normalized spacial score (nSPS) is 39.6. The lowest BCUT2D eigenvalue weighted by atomic mass is 10.1. The van der Waals surface area contributed by atoms with Gasteiger partial charge in [0.2, 0.25) is 0 Å². The molecule has 2 atom stereocenters. The maximum Gasteiger partial charge on any atom is 0.294 e. The highest BCUT2D eigenvalue weighted by Gasteiger charge is 2.38. The van der Waals surface area contributed by atoms with Gasteiger partial charge in [-0.15, -0.1) is 0 Å². The molecule has 0 amide bonds. The van der Waals surface area contributed by atoms with Crippen molar-refractivity contribution in [3.8, 4) is 0 Å². The minimum atomic E-state index is -0.887. The molecule has 0 aromatic heterocycles. The van der Waals surface area contributed by atoms with Gasteiger partial charge in [-0.3, -0.25) is 10.5 Å². The lowest BCUT2D eigenvalue weighted by Crippen LogP contribution is -2.53. The predicted molar refractivity (Wildman–Crippen MR) is 35.9 cm³/mol. The van der Waals surface area contributed by atoms with Gasteiger partial charge in [-0.1, -0.05) is 0 Å². The van der Waals surface area contributed by atoms with E-state index < -0.39 is 5.72 Å². The predicted octanol–water partition coefficient (Wildman–Crippen LogP) is -0.674. The van der Waals surface area contributed by atoms with Crippen LogP contribution in [0, 0.1) is 0 Å². The maximum atomic E-state index is 9.95. The van der Waals surface area contributed by atoms with E-state index in [4.69, 9.17) is 11.5 Å². The highest BCUT2D eigenvalue weighted by molar-refractivity contribution is 5.38. The van der Waals surface area contributed by atoms with Gasteiger partial charge < -0.3 is 10.5 Å². The number of hydrogen-bond donors (Lipinski definition) is 2. The molecule has 4 N–H and O–H groups in total. The van der Waals surface area contributed by atoms with Gasteiger partial charge in [0, 0.05) is 6.42 Å². The minimum Gasteiger partial charge on any atom is -0.445 e. The molecule has 1 saturated carbocycles. The molecule has 1 aliphatic rings. The van der Waals surface area contributed by atoms with Crippen LogP contribution in [0.25, 0.3) is 0 Å². The zero-order valence-electron chi connectivity index (χ0n) is 5.75. The molecule has 0 heterocycles. The van der Waals surface area contributed by atoms with Crippen molar-refractivity contribution in [3.05, 3.63) is 0 Å². The number of carbonyl (C=O) groups excluding carboxylic acids is 1. The van der Waals surface area contributed by atoms with Gasteiger partial charge in [-0.05, 0) is 12.8 Å². The number of ether oxygens (including phenoxy) is 1. The van der Waals surface area contributed by atoms with Crippen LogP contribution in [-0.2, 0) is 9.53 Å². The summed E-state index contributed by atoms with van der Waals surface area (Å²) in [5.74, 6) is 0. The summed E-state index contributed by atoms with van der Waals surface area (Å²) in [6.45, 7) is 0.366. The van der Waals surface area contributed by atoms with Gasteiger partial charge in [-0.25, -0.2) is 0 Å². The Bertz CT molecular complexity index is 140. The number of nitrogens with two attached hydrogens (primary N) is 2. The Morgan fingerprint density at radius 1 is 1.70 bits per heavy atom. The average Bonchev–Trinajstić information content (AvgIpc) is 2.15. The van der Waals surface area contributed by atoms with E-state index >= 15 is 0 Å². The van der Waals surface area contributed by atoms with Gasteiger partial charge in [0.1, 0.15) is 0 Å². The Morgan fingerprint density at radius 3 is 2.80 bits per heavy atom. The summed E-state index contributed by atoms with van der Waals surface area (Å²) < 4.78 is 4.67. The van der Waals surface area contributed by atoms with Crippen LogP contribution in [0.3, 0.4) is 0 Å². The Balaban J connectivity index is 2.56. The third kappa shape index (κ3) is 1.12. The fourth-order valence-electron chi connectivity index (χ4n) is 1.26. The van der Waals surface area contributed by atoms with Crippen molar-refractivity contribution >= 4 is 6.47 Å². The fraction of sp³-hybridized carbons (Fsp3) is 0.833. The second-order valence-corrected chi connectivity index (χ2v) is 2.67. The highest BCUT2D eigenvalue weighted by Crippen LogP contribution is 2.26. The van der Waals surface area contributed by atoms with Crippen LogP contribution in [0.2, 0.25) is 0 Å². The molecular weight excluding hydrogens is 132 g/mol. The number of carbonyl (C=O) groups is 1. The number of hydrogen-bond acceptors (Lipinski definition) is 4. The highest BCUT2D eigenvalue weighted by atomic mass is 16.6. The Kier molecular flexibility index (Phi) is 1.92. The van der Waals surface area contributed by atoms with Crippen LogP contribution < -0.4 is 11.5 Å². The van der Waals surface area contributed by atoms with E-state index in [1.165, 1.54) is 0 Å². The van der Waals surface area contributed by atoms with Gasteiger partial charge in [0.15, 0.2) is 5.72 Å². The van der Waals surface area contributed by atoms with E-state index in [2.05, 4.69) is 4.74 Å². The van der Waals surface area contributed by atoms with E-state index in [1.54, 1.807) is 0 Å². The topological polar surface area (TPSA) is 78.3 Å². The molecule has 58 valence electrons. The van der Waals surface area contributed by atoms with Crippen molar-refractivity contribution in [2.45, 2.75) is 31.0 Å². The van der Waals surface area contributed by atoms with Crippen LogP contribution in [-0.4, -0.2) is 18.2 Å². The zero-order chi connectivity index (χ0) is 7.61. The standard InChI is InChI=1S/C6H12N2O2/c7-5-2-1-3-6(5,8)10-4-9/h4-5H,1-3,7-8H2. The van der Waals surface area contributed by atoms with Gasteiger partial charge >= 0.3 is 0 Å². The molecule has 1 fully saturated rings. The van der Waals surface area contributed by atoms with Crippen LogP contribution in [0.4, 0.5) is 0 Å². The summed E-state index contributed by atoms with van der Waals surface area (Å²) in [6, 6.07) is -0.197. The summed E-state index contributed by atoms with van der Waals surface area (Å²) in [4.78, 5) is 9.95. The monoisotopic (exact) mass is 144 g/mol. The molecule has 0 aromatic rings. The van der Waals surface area contributed by atoms with Gasteiger partial charge in [0.25, 0.3) is 6.47 Å². The van der Waals surface area contributed by atoms with E-state index in [9.17, 15) is 4.79 Å².